The van der Waals surface area contributed by atoms with E-state index in [2.05, 4.69) is 0 Å². The van der Waals surface area contributed by atoms with E-state index in [1.54, 1.807) is 11.9 Å². The van der Waals surface area contributed by atoms with E-state index in [0.717, 1.165) is 30.8 Å². The summed E-state index contributed by atoms with van der Waals surface area (Å²) in [5.41, 5.74) is 6.30. The van der Waals surface area contributed by atoms with E-state index < -0.39 is 0 Å². The van der Waals surface area contributed by atoms with E-state index in [1.807, 2.05) is 43.0 Å². The highest BCUT2D eigenvalue weighted by atomic mass is 35.5. The number of nitrogens with two attached hydrogens (primary N) is 1. The van der Waals surface area contributed by atoms with Crippen LogP contribution in [0.25, 0.3) is 0 Å². The number of halogens is 1. The summed E-state index contributed by atoms with van der Waals surface area (Å²) >= 11 is 1.45. The lowest BCUT2D eigenvalue weighted by atomic mass is 9.93. The summed E-state index contributed by atoms with van der Waals surface area (Å²) in [5.74, 6) is 0.503. The van der Waals surface area contributed by atoms with Gasteiger partial charge in [0.25, 0.3) is 5.91 Å². The normalized spacial score (nSPS) is 14.1. The zero-order valence-corrected chi connectivity index (χ0v) is 17.5. The quantitative estimate of drug-likeness (QED) is 0.716. The van der Waals surface area contributed by atoms with Gasteiger partial charge >= 0.3 is 0 Å². The van der Waals surface area contributed by atoms with Crippen molar-refractivity contribution in [1.29, 1.82) is 0 Å². The summed E-state index contributed by atoms with van der Waals surface area (Å²) < 4.78 is 0. The topological polar surface area (TPSA) is 66.6 Å². The van der Waals surface area contributed by atoms with Crippen molar-refractivity contribution in [2.75, 3.05) is 39.0 Å². The number of hydrogen-bond donors (Lipinski definition) is 1. The van der Waals surface area contributed by atoms with Gasteiger partial charge in [-0.25, -0.2) is 0 Å². The molecule has 26 heavy (non-hydrogen) atoms. The third-order valence-corrected chi connectivity index (χ3v) is 5.55. The van der Waals surface area contributed by atoms with Crippen molar-refractivity contribution in [2.24, 2.45) is 11.1 Å². The Morgan fingerprint density at radius 3 is 2.46 bits per heavy atom. The summed E-state index contributed by atoms with van der Waals surface area (Å²) in [6.45, 7) is 6.92. The molecule has 1 aromatic rings. The molecule has 1 saturated heterocycles. The molecule has 2 rings (SSSR count). The van der Waals surface area contributed by atoms with E-state index in [0.29, 0.717) is 24.4 Å². The third-order valence-electron chi connectivity index (χ3n) is 4.49. The first-order valence-electron chi connectivity index (χ1n) is 8.79. The second kappa shape index (κ2) is 10.2. The van der Waals surface area contributed by atoms with Crippen LogP contribution < -0.4 is 5.73 Å². The van der Waals surface area contributed by atoms with Crippen molar-refractivity contribution in [3.05, 3.63) is 29.8 Å². The fourth-order valence-corrected chi connectivity index (χ4v) is 3.90. The van der Waals surface area contributed by atoms with Gasteiger partial charge in [-0.15, -0.1) is 24.2 Å². The van der Waals surface area contributed by atoms with Crippen molar-refractivity contribution >= 4 is 36.0 Å². The minimum absolute atomic E-state index is 0. The fraction of sp³-hybridized carbons (Fsp3) is 0.579. The molecule has 0 bridgehead atoms. The molecule has 7 heteroatoms. The number of nitrogens with zero attached hydrogens (tertiary/aromatic N) is 2. The highest BCUT2D eigenvalue weighted by Gasteiger charge is 2.24. The van der Waals surface area contributed by atoms with Crippen LogP contribution in [0.4, 0.5) is 0 Å². The van der Waals surface area contributed by atoms with Crippen molar-refractivity contribution in [3.8, 4) is 0 Å². The standard InChI is InChI=1S/C19H29N3O2S.ClH/c1-19(2,13-20)14-21(3)18(24)15-8-4-5-9-16(15)25-12-17(23)22-10-6-7-11-22;/h4-5,8-9H,6-7,10-14,20H2,1-3H3;1H. The van der Waals surface area contributed by atoms with Crippen LogP contribution in [0.2, 0.25) is 0 Å². The largest absolute Gasteiger partial charge is 0.342 e. The maximum Gasteiger partial charge on any atom is 0.254 e. The predicted octanol–water partition coefficient (Wildman–Crippen LogP) is 2.88. The van der Waals surface area contributed by atoms with E-state index >= 15 is 0 Å². The minimum atomic E-state index is -0.127. The van der Waals surface area contributed by atoms with E-state index in [9.17, 15) is 9.59 Å². The Morgan fingerprint density at radius 1 is 1.23 bits per heavy atom. The van der Waals surface area contributed by atoms with Gasteiger partial charge in [-0.2, -0.15) is 0 Å². The van der Waals surface area contributed by atoms with Gasteiger partial charge in [0.2, 0.25) is 5.91 Å². The average Bonchev–Trinajstić information content (AvgIpc) is 3.13. The van der Waals surface area contributed by atoms with Crippen LogP contribution in [-0.2, 0) is 4.79 Å². The van der Waals surface area contributed by atoms with Gasteiger partial charge < -0.3 is 15.5 Å². The number of carbonyl (C=O) groups is 2. The highest BCUT2D eigenvalue weighted by molar-refractivity contribution is 8.00. The van der Waals surface area contributed by atoms with E-state index in [-0.39, 0.29) is 29.6 Å². The average molecular weight is 400 g/mol. The predicted molar refractivity (Wildman–Crippen MR) is 110 cm³/mol. The molecule has 2 amide bonds. The van der Waals surface area contributed by atoms with Crippen LogP contribution in [-0.4, -0.2) is 60.6 Å². The lowest BCUT2D eigenvalue weighted by Gasteiger charge is -2.29. The molecule has 1 aromatic carbocycles. The molecule has 0 saturated carbocycles. The van der Waals surface area contributed by atoms with Gasteiger partial charge in [0, 0.05) is 31.6 Å². The molecule has 0 spiro atoms. The molecule has 0 aliphatic carbocycles. The zero-order chi connectivity index (χ0) is 18.4. The molecule has 2 N–H and O–H groups in total. The zero-order valence-electron chi connectivity index (χ0n) is 15.9. The Bertz CT molecular complexity index is 619. The summed E-state index contributed by atoms with van der Waals surface area (Å²) in [6, 6.07) is 7.51. The SMILES string of the molecule is CN(CC(C)(C)CN)C(=O)c1ccccc1SCC(=O)N1CCCC1.Cl. The van der Waals surface area contributed by atoms with Crippen LogP contribution in [0, 0.1) is 5.41 Å². The van der Waals surface area contributed by atoms with Gasteiger partial charge in [0.15, 0.2) is 0 Å². The van der Waals surface area contributed by atoms with Crippen LogP contribution in [0.3, 0.4) is 0 Å². The van der Waals surface area contributed by atoms with E-state index in [1.165, 1.54) is 11.8 Å². The first-order chi connectivity index (χ1) is 11.8. The van der Waals surface area contributed by atoms with Gasteiger partial charge in [-0.05, 0) is 36.9 Å². The number of carbonyl (C=O) groups excluding carboxylic acids is 2. The molecule has 1 aliphatic rings. The Balaban J connectivity index is 0.00000338. The van der Waals surface area contributed by atoms with Crippen LogP contribution in [0.5, 0.6) is 0 Å². The molecule has 146 valence electrons. The Kier molecular flexibility index (Phi) is 8.93. The number of likely N-dealkylation sites (tertiary alicyclic amines) is 1. The van der Waals surface area contributed by atoms with Gasteiger partial charge in [-0.3, -0.25) is 9.59 Å². The summed E-state index contributed by atoms with van der Waals surface area (Å²) in [5, 5.41) is 0. The third kappa shape index (κ3) is 6.18. The molecule has 0 atom stereocenters. The lowest BCUT2D eigenvalue weighted by Crippen LogP contribution is -2.39. The maximum absolute atomic E-state index is 12.8. The fourth-order valence-electron chi connectivity index (χ4n) is 2.95. The van der Waals surface area contributed by atoms with Gasteiger partial charge in [0.05, 0.1) is 11.3 Å². The van der Waals surface area contributed by atoms with Gasteiger partial charge in [-0.1, -0.05) is 26.0 Å². The Morgan fingerprint density at radius 2 is 1.85 bits per heavy atom. The second-order valence-corrected chi connectivity index (χ2v) is 8.42. The van der Waals surface area contributed by atoms with E-state index in [4.69, 9.17) is 5.73 Å². The molecule has 5 nitrogen and oxygen atoms in total. The highest BCUT2D eigenvalue weighted by Crippen LogP contribution is 2.25. The van der Waals surface area contributed by atoms with Crippen LogP contribution in [0.1, 0.15) is 37.0 Å². The molecule has 0 unspecified atom stereocenters. The monoisotopic (exact) mass is 399 g/mol. The number of rotatable bonds is 7. The summed E-state index contributed by atoms with van der Waals surface area (Å²) in [4.78, 5) is 29.6. The first kappa shape index (κ1) is 22.8. The van der Waals surface area contributed by atoms with Crippen molar-refractivity contribution in [1.82, 2.24) is 9.80 Å². The number of thioether (sulfide) groups is 1. The summed E-state index contributed by atoms with van der Waals surface area (Å²) in [6.07, 6.45) is 2.18. The van der Waals surface area contributed by atoms with Gasteiger partial charge in [0.1, 0.15) is 0 Å². The molecule has 1 fully saturated rings. The van der Waals surface area contributed by atoms with Crippen molar-refractivity contribution in [3.63, 3.8) is 0 Å². The van der Waals surface area contributed by atoms with Crippen LogP contribution >= 0.6 is 24.2 Å². The molecular weight excluding hydrogens is 370 g/mol. The minimum Gasteiger partial charge on any atom is -0.342 e. The number of amides is 2. The summed E-state index contributed by atoms with van der Waals surface area (Å²) in [7, 11) is 1.80. The molecule has 0 aromatic heterocycles. The molecule has 1 heterocycles. The second-order valence-electron chi connectivity index (χ2n) is 7.40. The molecule has 1 aliphatic heterocycles. The molecular formula is C19H30ClN3O2S. The van der Waals surface area contributed by atoms with Crippen molar-refractivity contribution in [2.45, 2.75) is 31.6 Å². The Hall–Kier alpha value is -1.24. The first-order valence-corrected chi connectivity index (χ1v) is 9.78. The number of benzene rings is 1. The smallest absolute Gasteiger partial charge is 0.254 e. The molecule has 0 radical (unpaired) electrons. The van der Waals surface area contributed by atoms with Crippen molar-refractivity contribution < 1.29 is 9.59 Å². The number of hydrogen-bond acceptors (Lipinski definition) is 4. The maximum atomic E-state index is 12.8. The Labute approximate surface area is 167 Å². The lowest BCUT2D eigenvalue weighted by molar-refractivity contribution is -0.127. The van der Waals surface area contributed by atoms with Crippen LogP contribution in [0.15, 0.2) is 29.2 Å².